The van der Waals surface area contributed by atoms with E-state index < -0.39 is 5.97 Å². The molecule has 0 radical (unpaired) electrons. The molecular weight excluding hydrogens is 433 g/mol. The molecule has 2 heterocycles. The number of piperidine rings is 1. The highest BCUT2D eigenvalue weighted by molar-refractivity contribution is 6.39. The van der Waals surface area contributed by atoms with Crippen LogP contribution >= 0.6 is 23.2 Å². The normalized spacial score (nSPS) is 17.9. The molecule has 2 saturated heterocycles. The second-order valence-corrected chi connectivity index (χ2v) is 9.35. The van der Waals surface area contributed by atoms with Crippen molar-refractivity contribution in [1.29, 1.82) is 5.26 Å². The molecule has 4 rings (SSSR count). The first kappa shape index (κ1) is 22.0. The van der Waals surface area contributed by atoms with Gasteiger partial charge in [-0.05, 0) is 67.7 Å². The van der Waals surface area contributed by atoms with Gasteiger partial charge in [-0.3, -0.25) is 9.69 Å². The number of hydrogen-bond donors (Lipinski definition) is 1. The van der Waals surface area contributed by atoms with Crippen molar-refractivity contribution in [3.05, 3.63) is 62.6 Å². The standard InChI is InChI=1S/C24H25Cl2N3O2/c1-15-9-17(19-12-29(13-19)23-21(25)3-2-4-22(23)26)10-18(11-27)20(15)14-28-7-5-16(6-8-28)24(30)31/h2-4,9-10,16,19H,5-8,12-14H2,1H3,(H,30,31). The molecule has 2 aromatic rings. The summed E-state index contributed by atoms with van der Waals surface area (Å²) in [5.41, 5.74) is 4.92. The molecule has 0 spiro atoms. The summed E-state index contributed by atoms with van der Waals surface area (Å²) < 4.78 is 0. The third kappa shape index (κ3) is 4.52. The number of carboxylic acids is 1. The molecule has 1 N–H and O–H groups in total. The van der Waals surface area contributed by atoms with Gasteiger partial charge < -0.3 is 10.0 Å². The average molecular weight is 458 g/mol. The van der Waals surface area contributed by atoms with Crippen LogP contribution in [0.15, 0.2) is 30.3 Å². The number of likely N-dealkylation sites (tertiary alicyclic amines) is 1. The van der Waals surface area contributed by atoms with Crippen molar-refractivity contribution in [3.63, 3.8) is 0 Å². The Morgan fingerprint density at radius 1 is 1.19 bits per heavy atom. The number of aliphatic carboxylic acids is 1. The number of halogens is 2. The summed E-state index contributed by atoms with van der Waals surface area (Å²) >= 11 is 12.7. The average Bonchev–Trinajstić information content (AvgIpc) is 2.71. The first-order valence-corrected chi connectivity index (χ1v) is 11.3. The number of nitriles is 1. The number of carboxylic acid groups (broad SMARTS) is 1. The van der Waals surface area contributed by atoms with Gasteiger partial charge in [-0.2, -0.15) is 5.26 Å². The van der Waals surface area contributed by atoms with Crippen molar-refractivity contribution in [1.82, 2.24) is 4.90 Å². The topological polar surface area (TPSA) is 67.6 Å². The van der Waals surface area contributed by atoms with Crippen LogP contribution in [0.2, 0.25) is 10.0 Å². The minimum Gasteiger partial charge on any atom is -0.481 e. The van der Waals surface area contributed by atoms with E-state index >= 15 is 0 Å². The molecule has 0 saturated carbocycles. The number of hydrogen-bond acceptors (Lipinski definition) is 4. The smallest absolute Gasteiger partial charge is 0.306 e. The van der Waals surface area contributed by atoms with E-state index in [4.69, 9.17) is 23.2 Å². The minimum atomic E-state index is -0.703. The number of aryl methyl sites for hydroxylation is 1. The van der Waals surface area contributed by atoms with Crippen LogP contribution in [-0.4, -0.2) is 42.2 Å². The Bertz CT molecular complexity index is 1020. The molecule has 5 nitrogen and oxygen atoms in total. The highest BCUT2D eigenvalue weighted by Crippen LogP contribution is 2.40. The maximum Gasteiger partial charge on any atom is 0.306 e. The molecular formula is C24H25Cl2N3O2. The number of para-hydroxylation sites is 1. The van der Waals surface area contributed by atoms with E-state index in [9.17, 15) is 15.2 Å². The second kappa shape index (κ2) is 9.08. The molecule has 0 aromatic heterocycles. The van der Waals surface area contributed by atoms with Crippen molar-refractivity contribution in [2.24, 2.45) is 5.92 Å². The first-order chi connectivity index (χ1) is 14.9. The van der Waals surface area contributed by atoms with Gasteiger partial charge in [0.2, 0.25) is 0 Å². The van der Waals surface area contributed by atoms with Gasteiger partial charge in [0.25, 0.3) is 0 Å². The summed E-state index contributed by atoms with van der Waals surface area (Å²) in [7, 11) is 0. The van der Waals surface area contributed by atoms with Crippen LogP contribution < -0.4 is 4.90 Å². The van der Waals surface area contributed by atoms with E-state index in [1.165, 1.54) is 5.56 Å². The monoisotopic (exact) mass is 457 g/mol. The maximum atomic E-state index is 11.2. The Balaban J connectivity index is 1.45. The zero-order chi connectivity index (χ0) is 22.1. The van der Waals surface area contributed by atoms with Gasteiger partial charge in [0.1, 0.15) is 0 Å². The predicted molar refractivity (Wildman–Crippen MR) is 123 cm³/mol. The van der Waals surface area contributed by atoms with E-state index in [1.54, 1.807) is 0 Å². The van der Waals surface area contributed by atoms with Crippen molar-refractivity contribution < 1.29 is 9.90 Å². The lowest BCUT2D eigenvalue weighted by Crippen LogP contribution is -2.45. The van der Waals surface area contributed by atoms with Gasteiger partial charge in [-0.15, -0.1) is 0 Å². The lowest BCUT2D eigenvalue weighted by molar-refractivity contribution is -0.143. The largest absolute Gasteiger partial charge is 0.481 e. The van der Waals surface area contributed by atoms with Crippen LogP contribution in [0.1, 0.15) is 41.0 Å². The van der Waals surface area contributed by atoms with Gasteiger partial charge >= 0.3 is 5.97 Å². The Morgan fingerprint density at radius 3 is 2.42 bits per heavy atom. The molecule has 7 heteroatoms. The van der Waals surface area contributed by atoms with Gasteiger partial charge in [0.15, 0.2) is 0 Å². The Morgan fingerprint density at radius 2 is 1.84 bits per heavy atom. The van der Waals surface area contributed by atoms with E-state index in [0.717, 1.165) is 43.0 Å². The van der Waals surface area contributed by atoms with Gasteiger partial charge in [-0.25, -0.2) is 0 Å². The molecule has 0 unspecified atom stereocenters. The molecule has 0 bridgehead atoms. The third-order valence-electron chi connectivity index (χ3n) is 6.54. The summed E-state index contributed by atoms with van der Waals surface area (Å²) in [6.45, 7) is 5.88. The number of nitrogens with zero attached hydrogens (tertiary/aromatic N) is 3. The third-order valence-corrected chi connectivity index (χ3v) is 7.15. The summed E-state index contributed by atoms with van der Waals surface area (Å²) in [6.07, 6.45) is 1.33. The van der Waals surface area contributed by atoms with Crippen LogP contribution in [0.3, 0.4) is 0 Å². The summed E-state index contributed by atoms with van der Waals surface area (Å²) in [5.74, 6) is -0.618. The van der Waals surface area contributed by atoms with Crippen LogP contribution in [0.5, 0.6) is 0 Å². The van der Waals surface area contributed by atoms with E-state index in [0.29, 0.717) is 40.9 Å². The first-order valence-electron chi connectivity index (χ1n) is 10.5. The van der Waals surface area contributed by atoms with Crippen molar-refractivity contribution in [2.75, 3.05) is 31.1 Å². The molecule has 31 heavy (non-hydrogen) atoms. The lowest BCUT2D eigenvalue weighted by atomic mass is 9.86. The molecule has 2 aromatic carbocycles. The zero-order valence-corrected chi connectivity index (χ0v) is 19.0. The van der Waals surface area contributed by atoms with E-state index in [-0.39, 0.29) is 5.92 Å². The maximum absolute atomic E-state index is 11.2. The van der Waals surface area contributed by atoms with Crippen molar-refractivity contribution in [3.8, 4) is 6.07 Å². The summed E-state index contributed by atoms with van der Waals surface area (Å²) in [4.78, 5) is 15.6. The van der Waals surface area contributed by atoms with Crippen LogP contribution in [0.4, 0.5) is 5.69 Å². The quantitative estimate of drug-likeness (QED) is 0.678. The zero-order valence-electron chi connectivity index (χ0n) is 17.4. The van der Waals surface area contributed by atoms with Crippen LogP contribution in [0, 0.1) is 24.2 Å². The minimum absolute atomic E-state index is 0.247. The van der Waals surface area contributed by atoms with Gasteiger partial charge in [0.05, 0.1) is 33.3 Å². The molecule has 0 amide bonds. The molecule has 2 aliphatic heterocycles. The molecule has 0 aliphatic carbocycles. The van der Waals surface area contributed by atoms with Gasteiger partial charge in [0, 0.05) is 25.6 Å². The summed E-state index contributed by atoms with van der Waals surface area (Å²) in [5, 5.41) is 20.3. The Hall–Kier alpha value is -2.26. The van der Waals surface area contributed by atoms with Gasteiger partial charge in [-0.1, -0.05) is 35.3 Å². The number of rotatable bonds is 5. The number of anilines is 1. The molecule has 2 aliphatic rings. The highest BCUT2D eigenvalue weighted by atomic mass is 35.5. The fraction of sp³-hybridized carbons (Fsp3) is 0.417. The van der Waals surface area contributed by atoms with Crippen LogP contribution in [-0.2, 0) is 11.3 Å². The highest BCUT2D eigenvalue weighted by Gasteiger charge is 2.32. The lowest BCUT2D eigenvalue weighted by Gasteiger charge is -2.42. The second-order valence-electron chi connectivity index (χ2n) is 8.54. The fourth-order valence-electron chi connectivity index (χ4n) is 4.62. The number of benzene rings is 2. The Kier molecular flexibility index (Phi) is 6.43. The Labute approximate surface area is 192 Å². The van der Waals surface area contributed by atoms with Crippen molar-refractivity contribution in [2.45, 2.75) is 32.2 Å². The van der Waals surface area contributed by atoms with E-state index in [2.05, 4.69) is 28.9 Å². The summed E-state index contributed by atoms with van der Waals surface area (Å²) in [6, 6.07) is 12.1. The fourth-order valence-corrected chi connectivity index (χ4v) is 5.25. The molecule has 0 atom stereocenters. The van der Waals surface area contributed by atoms with Crippen LogP contribution in [0.25, 0.3) is 0 Å². The van der Waals surface area contributed by atoms with Crippen molar-refractivity contribution >= 4 is 34.9 Å². The molecule has 2 fully saturated rings. The SMILES string of the molecule is Cc1cc(C2CN(c3c(Cl)cccc3Cl)C2)cc(C#N)c1CN1CCC(C(=O)O)CC1. The molecule has 162 valence electrons. The predicted octanol–water partition coefficient (Wildman–Crippen LogP) is 5.07. The van der Waals surface area contributed by atoms with E-state index in [1.807, 2.05) is 24.3 Å². The number of carbonyl (C=O) groups is 1.